The van der Waals surface area contributed by atoms with Crippen molar-refractivity contribution in [2.24, 2.45) is 0 Å². The molecular weight excluding hydrogens is 434 g/mol. The Hall–Kier alpha value is -2.67. The molecule has 1 atom stereocenters. The summed E-state index contributed by atoms with van der Waals surface area (Å²) in [7, 11) is 0. The summed E-state index contributed by atoms with van der Waals surface area (Å²) < 4.78 is 27.5. The van der Waals surface area contributed by atoms with Crippen molar-refractivity contribution in [1.29, 1.82) is 0 Å². The number of carbonyl (C=O) groups is 1. The number of carbonyl (C=O) groups excluding carboxylic acids is 1. The Kier molecular flexibility index (Phi) is 8.23. The van der Waals surface area contributed by atoms with Crippen LogP contribution in [0.5, 0.6) is 5.75 Å². The fraction of sp³-hybridized carbons (Fsp3) is 0.208. The molecule has 3 aromatic carbocycles. The molecule has 31 heavy (non-hydrogen) atoms. The zero-order chi connectivity index (χ0) is 22.2. The molecule has 3 aromatic rings. The van der Waals surface area contributed by atoms with E-state index in [2.05, 4.69) is 0 Å². The monoisotopic (exact) mass is 457 g/mol. The summed E-state index contributed by atoms with van der Waals surface area (Å²) in [4.78, 5) is 14.1. The quantitative estimate of drug-likeness (QED) is 0.312. The number of hydrogen-bond acceptors (Lipinski definition) is 4. The minimum Gasteiger partial charge on any atom is -0.487 e. The number of benzene rings is 3. The SMILES string of the molecule is CCC(=O)c1ccc(OCc2ccccc2)c(N(Cc2ccccc2)CS(=O)O)c1Cl. The van der Waals surface area contributed by atoms with Gasteiger partial charge >= 0.3 is 0 Å². The first-order valence-corrected chi connectivity index (χ1v) is 11.5. The molecule has 0 saturated heterocycles. The fourth-order valence-corrected chi connectivity index (χ4v) is 4.09. The maximum atomic E-state index is 12.4. The van der Waals surface area contributed by atoms with Crippen LogP contribution in [0.3, 0.4) is 0 Å². The molecule has 0 aromatic heterocycles. The fourth-order valence-electron chi connectivity index (χ4n) is 3.23. The van der Waals surface area contributed by atoms with E-state index in [-0.39, 0.29) is 16.7 Å². The summed E-state index contributed by atoms with van der Waals surface area (Å²) in [5.41, 5.74) is 2.71. The maximum absolute atomic E-state index is 12.4. The van der Waals surface area contributed by atoms with E-state index in [9.17, 15) is 13.6 Å². The third-order valence-electron chi connectivity index (χ3n) is 4.74. The Balaban J connectivity index is 2.04. The normalized spacial score (nSPS) is 11.7. The Morgan fingerprint density at radius 2 is 1.61 bits per heavy atom. The third kappa shape index (κ3) is 6.17. The van der Waals surface area contributed by atoms with Crippen molar-refractivity contribution >= 4 is 34.2 Å². The van der Waals surface area contributed by atoms with Crippen molar-refractivity contribution in [3.05, 3.63) is 94.5 Å². The molecule has 0 spiro atoms. The van der Waals surface area contributed by atoms with Gasteiger partial charge in [0.25, 0.3) is 0 Å². The van der Waals surface area contributed by atoms with Crippen LogP contribution < -0.4 is 9.64 Å². The van der Waals surface area contributed by atoms with Crippen LogP contribution in [0.2, 0.25) is 5.02 Å². The lowest BCUT2D eigenvalue weighted by molar-refractivity contribution is 0.0988. The summed E-state index contributed by atoms with van der Waals surface area (Å²) in [6, 6.07) is 22.6. The molecule has 0 amide bonds. The minimum atomic E-state index is -2.12. The lowest BCUT2D eigenvalue weighted by Crippen LogP contribution is -2.28. The van der Waals surface area contributed by atoms with E-state index in [4.69, 9.17) is 16.3 Å². The van der Waals surface area contributed by atoms with Gasteiger partial charge in [-0.1, -0.05) is 79.2 Å². The molecule has 3 rings (SSSR count). The predicted octanol–water partition coefficient (Wildman–Crippen LogP) is 5.70. The van der Waals surface area contributed by atoms with Gasteiger partial charge < -0.3 is 14.2 Å². The van der Waals surface area contributed by atoms with Crippen LogP contribution >= 0.6 is 11.6 Å². The van der Waals surface area contributed by atoms with Gasteiger partial charge in [-0.05, 0) is 23.3 Å². The highest BCUT2D eigenvalue weighted by atomic mass is 35.5. The van der Waals surface area contributed by atoms with Crippen LogP contribution in [0.4, 0.5) is 5.69 Å². The largest absolute Gasteiger partial charge is 0.487 e. The van der Waals surface area contributed by atoms with E-state index >= 15 is 0 Å². The molecule has 0 aliphatic carbocycles. The number of ketones is 1. The van der Waals surface area contributed by atoms with E-state index in [0.717, 1.165) is 11.1 Å². The Morgan fingerprint density at radius 3 is 2.19 bits per heavy atom. The van der Waals surface area contributed by atoms with Gasteiger partial charge in [0.1, 0.15) is 23.9 Å². The number of hydrogen-bond donors (Lipinski definition) is 1. The van der Waals surface area contributed by atoms with Crippen molar-refractivity contribution in [3.8, 4) is 5.75 Å². The molecule has 0 heterocycles. The van der Waals surface area contributed by atoms with Crippen LogP contribution in [0.1, 0.15) is 34.8 Å². The van der Waals surface area contributed by atoms with E-state index < -0.39 is 11.1 Å². The number of ether oxygens (including phenoxy) is 1. The van der Waals surface area contributed by atoms with Gasteiger partial charge in [-0.2, -0.15) is 0 Å². The van der Waals surface area contributed by atoms with Crippen LogP contribution in [0.15, 0.2) is 72.8 Å². The smallest absolute Gasteiger partial charge is 0.173 e. The molecule has 162 valence electrons. The van der Waals surface area contributed by atoms with Crippen LogP contribution in [-0.4, -0.2) is 20.4 Å². The van der Waals surface area contributed by atoms with Crippen molar-refractivity contribution in [2.45, 2.75) is 26.5 Å². The second-order valence-corrected chi connectivity index (χ2v) is 8.24. The number of Topliss-reactive ketones (excluding diaryl/α,β-unsaturated/α-hetero) is 1. The molecule has 0 fully saturated rings. The lowest BCUT2D eigenvalue weighted by atomic mass is 10.1. The second kappa shape index (κ2) is 11.1. The topological polar surface area (TPSA) is 66.8 Å². The molecule has 0 bridgehead atoms. The summed E-state index contributed by atoms with van der Waals surface area (Å²) in [6.07, 6.45) is 0.300. The number of anilines is 1. The van der Waals surface area contributed by atoms with Gasteiger partial charge in [0.2, 0.25) is 0 Å². The highest BCUT2D eigenvalue weighted by Crippen LogP contribution is 2.40. The van der Waals surface area contributed by atoms with Crippen molar-refractivity contribution in [3.63, 3.8) is 0 Å². The Labute approximate surface area is 189 Å². The van der Waals surface area contributed by atoms with Gasteiger partial charge in [0.05, 0.1) is 5.02 Å². The second-order valence-electron chi connectivity index (χ2n) is 6.96. The predicted molar refractivity (Wildman–Crippen MR) is 125 cm³/mol. The zero-order valence-electron chi connectivity index (χ0n) is 17.2. The molecule has 0 radical (unpaired) electrons. The number of rotatable bonds is 10. The molecule has 1 N–H and O–H groups in total. The average Bonchev–Trinajstić information content (AvgIpc) is 2.78. The van der Waals surface area contributed by atoms with Crippen molar-refractivity contribution in [1.82, 2.24) is 0 Å². The highest BCUT2D eigenvalue weighted by Gasteiger charge is 2.23. The first-order chi connectivity index (χ1) is 15.0. The van der Waals surface area contributed by atoms with Crippen molar-refractivity contribution < 1.29 is 18.3 Å². The Bertz CT molecular complexity index is 1040. The van der Waals surface area contributed by atoms with Crippen LogP contribution in [0, 0.1) is 0 Å². The molecule has 0 saturated carbocycles. The summed E-state index contributed by atoms with van der Waals surface area (Å²) >= 11 is 4.57. The van der Waals surface area contributed by atoms with E-state index in [1.807, 2.05) is 60.7 Å². The third-order valence-corrected chi connectivity index (χ3v) is 5.65. The van der Waals surface area contributed by atoms with Gasteiger partial charge in [-0.25, -0.2) is 4.21 Å². The van der Waals surface area contributed by atoms with E-state index in [1.165, 1.54) is 0 Å². The van der Waals surface area contributed by atoms with Crippen LogP contribution in [-0.2, 0) is 24.2 Å². The molecule has 0 aliphatic rings. The Morgan fingerprint density at radius 1 is 1.00 bits per heavy atom. The number of halogens is 1. The average molecular weight is 458 g/mol. The standard InChI is InChI=1S/C24H24ClNO4S/c1-2-21(27)20-13-14-22(30-16-19-11-7-4-8-12-19)24(23(20)25)26(17-31(28)29)15-18-9-5-3-6-10-18/h3-14H,2,15-17H2,1H3,(H,28,29). The van der Waals surface area contributed by atoms with Gasteiger partial charge in [0, 0.05) is 18.5 Å². The molecule has 1 unspecified atom stereocenters. The summed E-state index contributed by atoms with van der Waals surface area (Å²) in [6.45, 7) is 2.40. The molecule has 0 aliphatic heterocycles. The first-order valence-electron chi connectivity index (χ1n) is 9.88. The number of nitrogens with zero attached hydrogens (tertiary/aromatic N) is 1. The van der Waals surface area contributed by atoms with Gasteiger partial charge in [-0.3, -0.25) is 4.79 Å². The lowest BCUT2D eigenvalue weighted by Gasteiger charge is -2.27. The molecule has 7 heteroatoms. The van der Waals surface area contributed by atoms with E-state index in [0.29, 0.717) is 36.6 Å². The molecular formula is C24H24ClNO4S. The minimum absolute atomic E-state index is 0.106. The summed E-state index contributed by atoms with van der Waals surface area (Å²) in [5.74, 6) is 0.161. The van der Waals surface area contributed by atoms with Gasteiger partial charge in [0.15, 0.2) is 16.9 Å². The van der Waals surface area contributed by atoms with Gasteiger partial charge in [-0.15, -0.1) is 0 Å². The van der Waals surface area contributed by atoms with E-state index in [1.54, 1.807) is 24.0 Å². The maximum Gasteiger partial charge on any atom is 0.173 e. The zero-order valence-corrected chi connectivity index (χ0v) is 18.7. The first kappa shape index (κ1) is 23.0. The highest BCUT2D eigenvalue weighted by molar-refractivity contribution is 7.79. The van der Waals surface area contributed by atoms with Crippen molar-refractivity contribution in [2.75, 3.05) is 10.8 Å². The van der Waals surface area contributed by atoms with Crippen LogP contribution in [0.25, 0.3) is 0 Å². The molecule has 5 nitrogen and oxygen atoms in total. The summed E-state index contributed by atoms with van der Waals surface area (Å²) in [5, 5.41) is 0.221.